The zero-order valence-electron chi connectivity index (χ0n) is 14.5. The van der Waals surface area contributed by atoms with Gasteiger partial charge in [-0.05, 0) is 35.2 Å². The highest BCUT2D eigenvalue weighted by atomic mass is 127. The predicted molar refractivity (Wildman–Crippen MR) is 111 cm³/mol. The fourth-order valence-corrected chi connectivity index (χ4v) is 2.40. The van der Waals surface area contributed by atoms with Crippen LogP contribution in [0.5, 0.6) is 5.75 Å². The molecule has 0 spiro atoms. The number of guanidine groups is 1. The van der Waals surface area contributed by atoms with Gasteiger partial charge in [0.05, 0.1) is 7.11 Å². The highest BCUT2D eigenvalue weighted by molar-refractivity contribution is 14.0. The largest absolute Gasteiger partial charge is 0.497 e. The summed E-state index contributed by atoms with van der Waals surface area (Å²) in [6.07, 6.45) is 1.04. The van der Waals surface area contributed by atoms with Crippen LogP contribution in [-0.2, 0) is 19.5 Å². The van der Waals surface area contributed by atoms with Crippen LogP contribution in [0.4, 0.5) is 0 Å². The predicted octanol–water partition coefficient (Wildman–Crippen LogP) is 3.74. The van der Waals surface area contributed by atoms with E-state index in [9.17, 15) is 0 Å². The van der Waals surface area contributed by atoms with Gasteiger partial charge in [-0.25, -0.2) is 0 Å². The van der Waals surface area contributed by atoms with Gasteiger partial charge in [0, 0.05) is 20.1 Å². The molecule has 0 unspecified atom stereocenters. The summed E-state index contributed by atoms with van der Waals surface area (Å²) in [6.45, 7) is 3.67. The highest BCUT2D eigenvalue weighted by Crippen LogP contribution is 2.11. The van der Waals surface area contributed by atoms with Crippen molar-refractivity contribution in [2.45, 2.75) is 26.4 Å². The summed E-state index contributed by atoms with van der Waals surface area (Å²) in [6, 6.07) is 16.5. The number of halogens is 1. The second-order valence-corrected chi connectivity index (χ2v) is 5.25. The molecule has 2 aromatic carbocycles. The number of methoxy groups -OCH3 is 1. The van der Waals surface area contributed by atoms with Crippen molar-refractivity contribution in [3.63, 3.8) is 0 Å². The fraction of sp³-hybridized carbons (Fsp3) is 0.316. The maximum Gasteiger partial charge on any atom is 0.191 e. The van der Waals surface area contributed by atoms with Gasteiger partial charge in [0.15, 0.2) is 5.96 Å². The molecule has 0 aliphatic rings. The molecule has 0 saturated heterocycles. The molecule has 0 heterocycles. The number of nitrogens with one attached hydrogen (secondary N) is 2. The van der Waals surface area contributed by atoms with Gasteiger partial charge >= 0.3 is 0 Å². The van der Waals surface area contributed by atoms with Crippen molar-refractivity contribution in [2.24, 2.45) is 4.99 Å². The highest BCUT2D eigenvalue weighted by Gasteiger charge is 2.02. The molecule has 130 valence electrons. The number of aryl methyl sites for hydroxylation is 1. The first-order valence-electron chi connectivity index (χ1n) is 7.91. The second kappa shape index (κ2) is 10.9. The molecule has 0 aliphatic carbocycles. The average molecular weight is 439 g/mol. The minimum Gasteiger partial charge on any atom is -0.497 e. The van der Waals surface area contributed by atoms with E-state index in [-0.39, 0.29) is 24.0 Å². The molecule has 0 atom stereocenters. The van der Waals surface area contributed by atoms with Gasteiger partial charge in [0.2, 0.25) is 0 Å². The first-order valence-corrected chi connectivity index (χ1v) is 7.91. The quantitative estimate of drug-likeness (QED) is 0.410. The maximum absolute atomic E-state index is 5.17. The molecule has 0 aliphatic heterocycles. The Hall–Kier alpha value is -1.76. The smallest absolute Gasteiger partial charge is 0.191 e. The zero-order valence-corrected chi connectivity index (χ0v) is 16.8. The van der Waals surface area contributed by atoms with Crippen molar-refractivity contribution in [1.82, 2.24) is 10.6 Å². The van der Waals surface area contributed by atoms with E-state index < -0.39 is 0 Å². The minimum atomic E-state index is 0. The molecule has 0 amide bonds. The zero-order chi connectivity index (χ0) is 16.5. The molecule has 0 saturated carbocycles. The lowest BCUT2D eigenvalue weighted by Crippen LogP contribution is -2.36. The number of ether oxygens (including phenoxy) is 1. The second-order valence-electron chi connectivity index (χ2n) is 5.25. The number of aliphatic imine (C=N–C) groups is 1. The molecule has 0 fully saturated rings. The molecule has 2 aromatic rings. The topological polar surface area (TPSA) is 45.7 Å². The van der Waals surface area contributed by atoms with E-state index in [0.29, 0.717) is 0 Å². The van der Waals surface area contributed by atoms with Crippen LogP contribution in [0.25, 0.3) is 0 Å². The van der Waals surface area contributed by atoms with E-state index in [2.05, 4.69) is 46.8 Å². The van der Waals surface area contributed by atoms with Gasteiger partial charge < -0.3 is 15.4 Å². The summed E-state index contributed by atoms with van der Waals surface area (Å²) in [7, 11) is 3.46. The number of hydrogen-bond acceptors (Lipinski definition) is 2. The van der Waals surface area contributed by atoms with Gasteiger partial charge in [0.1, 0.15) is 5.75 Å². The lowest BCUT2D eigenvalue weighted by atomic mass is 10.1. The van der Waals surface area contributed by atoms with Gasteiger partial charge in [0.25, 0.3) is 0 Å². The van der Waals surface area contributed by atoms with Crippen molar-refractivity contribution in [2.75, 3.05) is 14.2 Å². The Morgan fingerprint density at radius 1 is 0.958 bits per heavy atom. The fourth-order valence-electron chi connectivity index (χ4n) is 2.40. The molecular weight excluding hydrogens is 413 g/mol. The Morgan fingerprint density at radius 3 is 2.17 bits per heavy atom. The monoisotopic (exact) mass is 439 g/mol. The summed E-state index contributed by atoms with van der Waals surface area (Å²) < 4.78 is 5.17. The lowest BCUT2D eigenvalue weighted by molar-refractivity contribution is 0.414. The first-order chi connectivity index (χ1) is 11.3. The van der Waals surface area contributed by atoms with Crippen LogP contribution in [0.3, 0.4) is 0 Å². The summed E-state index contributed by atoms with van der Waals surface area (Å²) in [5.41, 5.74) is 3.86. The molecule has 4 nitrogen and oxygen atoms in total. The molecule has 0 bridgehead atoms. The van der Waals surface area contributed by atoms with Crippen LogP contribution in [0.2, 0.25) is 0 Å². The molecule has 2 N–H and O–H groups in total. The normalized spacial score (nSPS) is 10.7. The maximum atomic E-state index is 5.17. The lowest BCUT2D eigenvalue weighted by Gasteiger charge is -2.14. The Bertz CT molecular complexity index is 641. The van der Waals surface area contributed by atoms with Crippen LogP contribution in [0.1, 0.15) is 23.6 Å². The molecule has 0 radical (unpaired) electrons. The van der Waals surface area contributed by atoms with E-state index in [1.54, 1.807) is 14.2 Å². The molecule has 5 heteroatoms. The van der Waals surface area contributed by atoms with Crippen molar-refractivity contribution < 1.29 is 4.74 Å². The van der Waals surface area contributed by atoms with Crippen LogP contribution in [-0.4, -0.2) is 20.1 Å². The average Bonchev–Trinajstić information content (AvgIpc) is 2.62. The molecular formula is C19H26IN3O. The number of nitrogens with zero attached hydrogens (tertiary/aromatic N) is 1. The SMILES string of the molecule is CCc1ccccc1CNC(=NC)NCc1ccc(OC)cc1.I. The van der Waals surface area contributed by atoms with Crippen LogP contribution in [0.15, 0.2) is 53.5 Å². The summed E-state index contributed by atoms with van der Waals surface area (Å²) in [4.78, 5) is 4.28. The number of benzene rings is 2. The Labute approximate surface area is 161 Å². The van der Waals surface area contributed by atoms with Crippen LogP contribution in [0, 0.1) is 0 Å². The van der Waals surface area contributed by atoms with Crippen molar-refractivity contribution in [1.29, 1.82) is 0 Å². The first kappa shape index (κ1) is 20.3. The van der Waals surface area contributed by atoms with E-state index in [0.717, 1.165) is 31.2 Å². The Kier molecular flexibility index (Phi) is 9.22. The van der Waals surface area contributed by atoms with Crippen molar-refractivity contribution in [3.8, 4) is 5.75 Å². The standard InChI is InChI=1S/C19H25N3O.HI/c1-4-16-7-5-6-8-17(16)14-22-19(20-2)21-13-15-9-11-18(23-3)12-10-15;/h5-12H,4,13-14H2,1-3H3,(H2,20,21,22);1H. The molecule has 2 rings (SSSR count). The summed E-state index contributed by atoms with van der Waals surface area (Å²) in [5, 5.41) is 6.70. The van der Waals surface area contributed by atoms with Crippen LogP contribution >= 0.6 is 24.0 Å². The summed E-state index contributed by atoms with van der Waals surface area (Å²) in [5.74, 6) is 1.67. The van der Waals surface area contributed by atoms with E-state index in [1.807, 2.05) is 24.3 Å². The summed E-state index contributed by atoms with van der Waals surface area (Å²) >= 11 is 0. The Balaban J connectivity index is 0.00000288. The molecule has 0 aromatic heterocycles. The third-order valence-corrected chi connectivity index (χ3v) is 3.79. The number of rotatable bonds is 6. The van der Waals surface area contributed by atoms with Crippen molar-refractivity contribution in [3.05, 3.63) is 65.2 Å². The minimum absolute atomic E-state index is 0. The van der Waals surface area contributed by atoms with Gasteiger partial charge in [-0.1, -0.05) is 43.3 Å². The van der Waals surface area contributed by atoms with Crippen LogP contribution < -0.4 is 15.4 Å². The van der Waals surface area contributed by atoms with E-state index in [1.165, 1.54) is 16.7 Å². The van der Waals surface area contributed by atoms with E-state index in [4.69, 9.17) is 4.74 Å². The molecule has 24 heavy (non-hydrogen) atoms. The number of hydrogen-bond donors (Lipinski definition) is 2. The van der Waals surface area contributed by atoms with E-state index >= 15 is 0 Å². The van der Waals surface area contributed by atoms with Gasteiger partial charge in [-0.3, -0.25) is 4.99 Å². The van der Waals surface area contributed by atoms with Gasteiger partial charge in [-0.2, -0.15) is 0 Å². The van der Waals surface area contributed by atoms with Crippen molar-refractivity contribution >= 4 is 29.9 Å². The van der Waals surface area contributed by atoms with Gasteiger partial charge in [-0.15, -0.1) is 24.0 Å². The third kappa shape index (κ3) is 6.03. The Morgan fingerprint density at radius 2 is 1.58 bits per heavy atom. The third-order valence-electron chi connectivity index (χ3n) is 3.79.